The van der Waals surface area contributed by atoms with E-state index in [0.29, 0.717) is 67.0 Å². The maximum atomic E-state index is 12.3. The van der Waals surface area contributed by atoms with Crippen molar-refractivity contribution in [1.29, 1.82) is 0 Å². The number of pyridine rings is 5. The molecule has 139 heavy (non-hydrogen) atoms. The third-order valence-electron chi connectivity index (χ3n) is 23.0. The van der Waals surface area contributed by atoms with Crippen molar-refractivity contribution in [2.45, 2.75) is 238 Å². The van der Waals surface area contributed by atoms with Crippen LogP contribution < -0.4 is 68.3 Å². The summed E-state index contributed by atoms with van der Waals surface area (Å²) in [5.74, 6) is 0.687. The number of fused-ring (bicyclic) bond motifs is 5. The van der Waals surface area contributed by atoms with Crippen molar-refractivity contribution in [3.8, 4) is 0 Å². The molecule has 10 aromatic rings. The first-order chi connectivity index (χ1) is 65.6. The summed E-state index contributed by atoms with van der Waals surface area (Å²) < 4.78 is 25.2. The van der Waals surface area contributed by atoms with Crippen LogP contribution in [0.25, 0.3) is 55.2 Å². The zero-order chi connectivity index (χ0) is 101. The first kappa shape index (κ1) is 108. The van der Waals surface area contributed by atoms with Gasteiger partial charge in [0.1, 0.15) is 61.4 Å². The number of ether oxygens (including phenoxy) is 4. The summed E-state index contributed by atoms with van der Waals surface area (Å²) in [4.78, 5) is 149. The average Bonchev–Trinajstić information content (AvgIpc) is 1.66. The van der Waals surface area contributed by atoms with Crippen molar-refractivity contribution in [3.63, 3.8) is 0 Å². The molecule has 0 bridgehead atoms. The second kappa shape index (κ2) is 47.2. The number of nitrogens with two attached hydrogens (primary N) is 2. The van der Waals surface area contributed by atoms with E-state index in [1.54, 1.807) is 37.2 Å². The molecule has 0 spiro atoms. The Balaban J connectivity index is 0.000000150. The van der Waals surface area contributed by atoms with Gasteiger partial charge in [-0.3, -0.25) is 34.6 Å². The van der Waals surface area contributed by atoms with Crippen molar-refractivity contribution in [3.05, 3.63) is 110 Å². The number of nitrogens with one attached hydrogen (secondary N) is 12. The highest BCUT2D eigenvalue weighted by Gasteiger charge is 2.37. The van der Waals surface area contributed by atoms with Crippen LogP contribution >= 0.6 is 103 Å². The van der Waals surface area contributed by atoms with Crippen LogP contribution in [-0.2, 0) is 33.3 Å². The van der Waals surface area contributed by atoms with E-state index in [-0.39, 0.29) is 88.6 Å². The van der Waals surface area contributed by atoms with Crippen LogP contribution in [0.5, 0.6) is 0 Å². The van der Waals surface area contributed by atoms with Crippen molar-refractivity contribution in [1.82, 2.24) is 76.4 Å². The van der Waals surface area contributed by atoms with E-state index in [9.17, 15) is 53.8 Å². The Labute approximate surface area is 855 Å². The number of carbonyl (C=O) groups excluding carboxylic acids is 7. The largest absolute Gasteiger partial charge is 0.444 e. The lowest BCUT2D eigenvalue weighted by molar-refractivity contribution is -0.383. The van der Waals surface area contributed by atoms with E-state index < -0.39 is 44.4 Å². The third kappa shape index (κ3) is 30.7. The first-order valence-corrected chi connectivity index (χ1v) is 51.1. The SMILES string of the molecule is CC(C)(C)OC(=O)N[C@@H]1CCCN(c2c(Br)cnc3[nH]cc(N)c23)C1.CC(C)(C)OC(=O)N[C@@H]1CCCN(c2c(Br)cnc3[nH]cc(NC(=O)C4CC4)c23)C1.CC(C)(C)OC(=O)N[C@@H]1CCCN(c2c(Br)cnc3[nH]cc([N+](=O)[O-])c23)C1.CC(C)(C)OC(=O)N[C@@H]1CCCNC1.N[C@@H]1CCCN(c2c(Br)cnc3[nH]cc(NC(=O)C4CC4)c23)C1.O=C(Cl)C1CC1.O=[N+]([O-])c1c[nH]c2ncc(Br)c(Cl)c12. The van der Waals surface area contributed by atoms with E-state index in [1.807, 2.05) is 94.2 Å². The Morgan fingerprint density at radius 2 is 0.727 bits per heavy atom. The Morgan fingerprint density at radius 3 is 1.07 bits per heavy atom. The average molecular weight is 2290 g/mol. The van der Waals surface area contributed by atoms with Crippen LogP contribution in [0.3, 0.4) is 0 Å². The molecule has 5 aliphatic heterocycles. The zero-order valence-electron chi connectivity index (χ0n) is 79.6. The van der Waals surface area contributed by atoms with Gasteiger partial charge in [0.25, 0.3) is 11.4 Å². The maximum absolute atomic E-state index is 12.3. The monoisotopic (exact) mass is 2280 g/mol. The molecule has 47 heteroatoms. The first-order valence-electron chi connectivity index (χ1n) is 46.4. The van der Waals surface area contributed by atoms with E-state index in [4.69, 9.17) is 53.6 Å². The number of H-pyrrole nitrogens is 5. The molecular formula is C92H122Br5Cl2N25O15. The fourth-order valence-corrected chi connectivity index (χ4v) is 19.4. The molecule has 6 amide bonds. The topological polar surface area (TPSA) is 535 Å². The Kier molecular flexibility index (Phi) is 36.5. The fourth-order valence-electron chi connectivity index (χ4n) is 16.4. The normalized spacial score (nSPS) is 18.9. The van der Waals surface area contributed by atoms with Crippen LogP contribution in [0, 0.1) is 38.0 Å². The second-order valence-electron chi connectivity index (χ2n) is 39.3. The van der Waals surface area contributed by atoms with Gasteiger partial charge in [-0.1, -0.05) is 11.6 Å². The van der Waals surface area contributed by atoms with Crippen LogP contribution in [0.2, 0.25) is 5.02 Å². The van der Waals surface area contributed by atoms with Gasteiger partial charge in [0.2, 0.25) is 17.1 Å². The van der Waals surface area contributed by atoms with Crippen LogP contribution in [-0.4, -0.2) is 219 Å². The highest BCUT2D eigenvalue weighted by atomic mass is 79.9. The van der Waals surface area contributed by atoms with Crippen molar-refractivity contribution < 1.29 is 62.4 Å². The van der Waals surface area contributed by atoms with Gasteiger partial charge in [-0.2, -0.15) is 0 Å². The lowest BCUT2D eigenvalue weighted by Gasteiger charge is -2.36. The third-order valence-corrected chi connectivity index (χ3v) is 26.8. The number of hydrogen-bond donors (Lipinski definition) is 14. The molecule has 0 unspecified atom stereocenters. The molecule has 10 aromatic heterocycles. The number of hydrogen-bond acceptors (Lipinski definition) is 27. The number of nitro groups is 2. The molecule has 8 fully saturated rings. The summed E-state index contributed by atoms with van der Waals surface area (Å²) in [6.07, 6.45) is 30.5. The molecule has 5 saturated heterocycles. The standard InChI is InChI=1S/C21H28BrN5O3.C17H22BrN5O4.C17H24BrN5O2.C16H20BrN5O.C10H20N2O2.C7H3BrClN3O2.C4H5ClO/c1-21(2,3)30-20(29)25-13-5-4-8-27(11-13)17-14(22)9-23-18-16(17)15(10-24-18)26-19(28)12-6-7-12;1-17(2,3)27-16(24)21-10-5-4-6-22(9-10)14-11(18)7-19-15-13(14)12(8-20-15)23(25)26;1-17(2,3)25-16(24)22-10-5-4-6-23(9-10)14-11(18)7-20-15-13(14)12(19)8-21-15;17-11-6-19-15-13(14(11)22-5-1-2-10(18)8-22)12(7-20-15)21-16(23)9-3-4-9;1-10(2,3)14-9(13)12-8-5-4-6-11-7-8;8-3-1-10-7-5(6(3)9)4(2-11-7)12(13)14;5-4(6)3-1-2-3/h9-10,12-13H,4-8,11H2,1-3H3,(H,23,24)(H,25,29)(H,26,28);7-8,10H,4-6,9H2,1-3H3,(H,19,20)(H,21,24);7-8,10H,4-6,9,19H2,1-3H3,(H,20,21)(H,22,24);6-7,9-10H,1-5,8,18H2,(H,19,20)(H,21,23);8,11H,4-7H2,1-3H3,(H,12,13);1-2H,(H,10,11);3H,1-2H2/t13-;3*10-;8-;;/m11111../s1. The smallest absolute Gasteiger partial charge is 0.407 e. The Hall–Kier alpha value is -10.2. The highest BCUT2D eigenvalue weighted by molar-refractivity contribution is 9.11. The quantitative estimate of drug-likeness (QED) is 0.0196. The fraction of sp³-hybridized carbons (Fsp3) is 0.543. The number of amides is 6. The van der Waals surface area contributed by atoms with Gasteiger partial charge in [0.15, 0.2) is 0 Å². The van der Waals surface area contributed by atoms with E-state index in [1.165, 1.54) is 18.6 Å². The number of halogens is 7. The number of alkyl carbamates (subject to hydrolysis) is 4. The summed E-state index contributed by atoms with van der Waals surface area (Å²) in [5, 5.41) is 46.8. The van der Waals surface area contributed by atoms with Crippen molar-refractivity contribution in [2.75, 3.05) is 101 Å². The number of rotatable bonds is 15. The predicted molar refractivity (Wildman–Crippen MR) is 556 cm³/mol. The summed E-state index contributed by atoms with van der Waals surface area (Å²) in [6.45, 7) is 30.2. The number of piperidine rings is 5. The molecule has 5 atom stereocenters. The number of anilines is 7. The van der Waals surface area contributed by atoms with Crippen LogP contribution in [0.15, 0.2) is 84.3 Å². The van der Waals surface area contributed by atoms with Gasteiger partial charge < -0.3 is 112 Å². The lowest BCUT2D eigenvalue weighted by Crippen LogP contribution is -2.49. The summed E-state index contributed by atoms with van der Waals surface area (Å²) >= 11 is 28.4. The number of nitrogens with zero attached hydrogens (tertiary/aromatic N) is 11. The highest BCUT2D eigenvalue weighted by Crippen LogP contribution is 2.46. The molecule has 0 radical (unpaired) electrons. The molecule has 40 nitrogen and oxygen atoms in total. The molecule has 18 rings (SSSR count). The van der Waals surface area contributed by atoms with Gasteiger partial charge in [0, 0.05) is 156 Å². The number of aromatic amines is 5. The second-order valence-corrected chi connectivity index (χ2v) is 44.3. The summed E-state index contributed by atoms with van der Waals surface area (Å²) in [5.41, 5.74) is 19.3. The van der Waals surface area contributed by atoms with Crippen molar-refractivity contribution in [2.24, 2.45) is 23.5 Å². The molecule has 3 saturated carbocycles. The van der Waals surface area contributed by atoms with Crippen molar-refractivity contribution >= 4 is 251 Å². The van der Waals surface area contributed by atoms with Gasteiger partial charge in [0.05, 0.1) is 106 Å². The minimum Gasteiger partial charge on any atom is -0.444 e. The van der Waals surface area contributed by atoms with E-state index >= 15 is 0 Å². The van der Waals surface area contributed by atoms with E-state index in [0.717, 1.165) is 224 Å². The van der Waals surface area contributed by atoms with Gasteiger partial charge >= 0.3 is 24.4 Å². The molecule has 8 aliphatic rings. The molecule has 3 aliphatic carbocycles. The van der Waals surface area contributed by atoms with E-state index in [2.05, 4.69) is 181 Å². The predicted octanol–water partition coefficient (Wildman–Crippen LogP) is 19.2. The Bertz CT molecular complexity index is 6070. The van der Waals surface area contributed by atoms with Gasteiger partial charge in [-0.25, -0.2) is 44.1 Å². The summed E-state index contributed by atoms with van der Waals surface area (Å²) in [7, 11) is 0. The lowest BCUT2D eigenvalue weighted by atomic mass is 10.0. The van der Waals surface area contributed by atoms with Gasteiger partial charge in [-0.15, -0.1) is 0 Å². The molecule has 754 valence electrons. The number of carbonyl (C=O) groups is 7. The molecular weight excluding hydrogens is 2170 g/mol. The number of nitrogen functional groups attached to an aromatic ring is 1. The molecule has 16 N–H and O–H groups in total. The van der Waals surface area contributed by atoms with Gasteiger partial charge in [-0.05, 0) is 284 Å². The minimum atomic E-state index is -0.565. The molecule has 0 aromatic carbocycles. The summed E-state index contributed by atoms with van der Waals surface area (Å²) in [6, 6.07) is 0.300. The van der Waals surface area contributed by atoms with Crippen LogP contribution in [0.1, 0.15) is 186 Å². The molecule has 15 heterocycles. The number of aromatic nitrogens is 10. The zero-order valence-corrected chi connectivity index (χ0v) is 89.1. The minimum absolute atomic E-state index is 0.0176. The Morgan fingerprint density at radius 1 is 0.417 bits per heavy atom. The maximum Gasteiger partial charge on any atom is 0.407 e. The van der Waals surface area contributed by atoms with Crippen LogP contribution in [0.4, 0.5) is 70.4 Å².